The quantitative estimate of drug-likeness (QED) is 0.182. The molecule has 7 aromatic carbocycles. The first kappa shape index (κ1) is 26.1. The van der Waals surface area contributed by atoms with E-state index in [1.807, 2.05) is 12.1 Å². The van der Waals surface area contributed by atoms with Crippen LogP contribution in [0.15, 0.2) is 164 Å². The molecule has 3 nitrogen and oxygen atoms in total. The van der Waals surface area contributed by atoms with Crippen LogP contribution in [0.4, 0.5) is 5.69 Å². The molecule has 0 atom stereocenters. The van der Waals surface area contributed by atoms with Crippen LogP contribution in [0.25, 0.3) is 82.1 Å². The van der Waals surface area contributed by atoms with Gasteiger partial charge in [0.2, 0.25) is 0 Å². The fourth-order valence-corrected chi connectivity index (χ4v) is 6.98. The van der Waals surface area contributed by atoms with E-state index in [-0.39, 0.29) is 0 Å². The van der Waals surface area contributed by atoms with E-state index in [2.05, 4.69) is 166 Å². The Bertz CT molecular complexity index is 2610. The van der Waals surface area contributed by atoms with Gasteiger partial charge in [-0.15, -0.1) is 0 Å². The van der Waals surface area contributed by atoms with Crippen molar-refractivity contribution in [2.75, 3.05) is 0 Å². The molecule has 9 rings (SSSR count). The lowest BCUT2D eigenvalue weighted by Crippen LogP contribution is -1.94. The Morgan fingerprint density at radius 2 is 0.783 bits per heavy atom. The summed E-state index contributed by atoms with van der Waals surface area (Å²) in [5.74, 6) is 0. The molecule has 0 aliphatic carbocycles. The number of fused-ring (bicyclic) bond motifs is 6. The highest BCUT2D eigenvalue weighted by Crippen LogP contribution is 2.37. The molecule has 0 radical (unpaired) electrons. The van der Waals surface area contributed by atoms with Gasteiger partial charge in [-0.3, -0.25) is 0 Å². The van der Waals surface area contributed by atoms with E-state index in [0.29, 0.717) is 5.69 Å². The Labute approximate surface area is 266 Å². The Hall–Kier alpha value is -6.37. The van der Waals surface area contributed by atoms with Gasteiger partial charge in [0.15, 0.2) is 5.69 Å². The summed E-state index contributed by atoms with van der Waals surface area (Å²) in [7, 11) is 0. The maximum atomic E-state index is 7.50. The minimum atomic E-state index is 0.659. The summed E-state index contributed by atoms with van der Waals surface area (Å²) >= 11 is 0. The van der Waals surface area contributed by atoms with Gasteiger partial charge < -0.3 is 9.13 Å². The molecular formula is C43H27N3. The lowest BCUT2D eigenvalue weighted by Gasteiger charge is -2.11. The van der Waals surface area contributed by atoms with E-state index in [0.717, 1.165) is 33.2 Å². The number of hydrogen-bond donors (Lipinski definition) is 0. The van der Waals surface area contributed by atoms with Crippen molar-refractivity contribution in [3.63, 3.8) is 0 Å². The molecule has 3 heteroatoms. The third kappa shape index (κ3) is 4.05. The topological polar surface area (TPSA) is 14.2 Å². The molecule has 0 bridgehead atoms. The fraction of sp³-hybridized carbons (Fsp3) is 0. The van der Waals surface area contributed by atoms with E-state index in [9.17, 15) is 0 Å². The number of nitrogens with zero attached hydrogens (tertiary/aromatic N) is 3. The van der Waals surface area contributed by atoms with Crippen molar-refractivity contribution in [1.29, 1.82) is 0 Å². The zero-order valence-corrected chi connectivity index (χ0v) is 24.9. The Kier molecular flexibility index (Phi) is 5.88. The first-order chi connectivity index (χ1) is 22.8. The van der Waals surface area contributed by atoms with E-state index < -0.39 is 0 Å². The summed E-state index contributed by atoms with van der Waals surface area (Å²) < 4.78 is 4.66. The highest BCUT2D eigenvalue weighted by Gasteiger charge is 2.15. The molecular weight excluding hydrogens is 558 g/mol. The van der Waals surface area contributed by atoms with E-state index in [1.165, 1.54) is 44.1 Å². The molecule has 46 heavy (non-hydrogen) atoms. The SMILES string of the molecule is [C-]#[N+]c1ccc2c(c1)c1ccccc1n2-c1ccc(-c2ccc3c(c2)c2ccccc2n3-c2ccc(-c3ccccc3)cc2)cc1. The molecule has 0 unspecified atom stereocenters. The molecule has 2 heterocycles. The van der Waals surface area contributed by atoms with E-state index >= 15 is 0 Å². The van der Waals surface area contributed by atoms with Crippen LogP contribution in [0.3, 0.4) is 0 Å². The van der Waals surface area contributed by atoms with Gasteiger partial charge in [-0.2, -0.15) is 0 Å². The van der Waals surface area contributed by atoms with Gasteiger partial charge in [0, 0.05) is 27.5 Å². The Morgan fingerprint density at radius 3 is 1.37 bits per heavy atom. The molecule has 0 saturated heterocycles. The molecule has 2 aromatic heterocycles. The van der Waals surface area contributed by atoms with Gasteiger partial charge in [-0.05, 0) is 88.3 Å². The summed E-state index contributed by atoms with van der Waals surface area (Å²) in [4.78, 5) is 3.67. The fourth-order valence-electron chi connectivity index (χ4n) is 6.98. The minimum Gasteiger partial charge on any atom is -0.309 e. The van der Waals surface area contributed by atoms with Crippen molar-refractivity contribution in [3.8, 4) is 33.6 Å². The average molecular weight is 586 g/mol. The van der Waals surface area contributed by atoms with Crippen molar-refractivity contribution in [2.45, 2.75) is 0 Å². The van der Waals surface area contributed by atoms with Gasteiger partial charge in [-0.1, -0.05) is 103 Å². The average Bonchev–Trinajstić information content (AvgIpc) is 3.64. The monoisotopic (exact) mass is 585 g/mol. The normalized spacial score (nSPS) is 11.5. The second kappa shape index (κ2) is 10.4. The van der Waals surface area contributed by atoms with Crippen LogP contribution in [0.5, 0.6) is 0 Å². The zero-order valence-electron chi connectivity index (χ0n) is 24.9. The minimum absolute atomic E-state index is 0.659. The summed E-state index contributed by atoms with van der Waals surface area (Å²) in [6, 6.07) is 58.1. The molecule has 0 aliphatic rings. The first-order valence-corrected chi connectivity index (χ1v) is 15.5. The largest absolute Gasteiger partial charge is 0.309 e. The van der Waals surface area contributed by atoms with Crippen LogP contribution >= 0.6 is 0 Å². The predicted octanol–water partition coefficient (Wildman–Crippen LogP) is 11.8. The summed E-state index contributed by atoms with van der Waals surface area (Å²) in [5.41, 5.74) is 12.3. The second-order valence-corrected chi connectivity index (χ2v) is 11.7. The van der Waals surface area contributed by atoms with Crippen LogP contribution in [-0.2, 0) is 0 Å². The molecule has 0 spiro atoms. The van der Waals surface area contributed by atoms with Gasteiger partial charge in [0.05, 0.1) is 28.6 Å². The first-order valence-electron chi connectivity index (χ1n) is 15.5. The number of para-hydroxylation sites is 2. The lowest BCUT2D eigenvalue weighted by atomic mass is 10.0. The third-order valence-electron chi connectivity index (χ3n) is 9.15. The molecule has 0 aliphatic heterocycles. The van der Waals surface area contributed by atoms with Crippen LogP contribution in [0.1, 0.15) is 0 Å². The van der Waals surface area contributed by atoms with Crippen molar-refractivity contribution >= 4 is 49.3 Å². The van der Waals surface area contributed by atoms with Crippen molar-refractivity contribution < 1.29 is 0 Å². The lowest BCUT2D eigenvalue weighted by molar-refractivity contribution is 1.18. The zero-order chi connectivity index (χ0) is 30.6. The van der Waals surface area contributed by atoms with Gasteiger partial charge in [0.1, 0.15) is 0 Å². The number of benzene rings is 7. The maximum Gasteiger partial charge on any atom is 0.188 e. The number of hydrogen-bond acceptors (Lipinski definition) is 0. The molecule has 0 fully saturated rings. The molecule has 9 aromatic rings. The molecule has 0 N–H and O–H groups in total. The summed E-state index contributed by atoms with van der Waals surface area (Å²) in [5, 5.41) is 4.74. The van der Waals surface area contributed by atoms with Crippen LogP contribution in [0, 0.1) is 6.57 Å². The van der Waals surface area contributed by atoms with Gasteiger partial charge >= 0.3 is 0 Å². The second-order valence-electron chi connectivity index (χ2n) is 11.7. The molecule has 0 saturated carbocycles. The van der Waals surface area contributed by atoms with Crippen molar-refractivity contribution in [3.05, 3.63) is 175 Å². The Morgan fingerprint density at radius 1 is 0.348 bits per heavy atom. The molecule has 214 valence electrons. The van der Waals surface area contributed by atoms with Crippen LogP contribution < -0.4 is 0 Å². The maximum absolute atomic E-state index is 7.50. The van der Waals surface area contributed by atoms with Gasteiger partial charge in [-0.25, -0.2) is 4.85 Å². The van der Waals surface area contributed by atoms with Gasteiger partial charge in [0.25, 0.3) is 0 Å². The molecule has 0 amide bonds. The summed E-state index contributed by atoms with van der Waals surface area (Å²) in [6.07, 6.45) is 0. The predicted molar refractivity (Wildman–Crippen MR) is 192 cm³/mol. The third-order valence-corrected chi connectivity index (χ3v) is 9.15. The van der Waals surface area contributed by atoms with Crippen molar-refractivity contribution in [2.24, 2.45) is 0 Å². The van der Waals surface area contributed by atoms with E-state index in [1.54, 1.807) is 0 Å². The standard InChI is InChI=1S/C43H27N3/c1-44-33-20-26-43-39(28-33)37-12-6-8-14-41(37)46(43)35-23-17-31(18-24-35)32-19-25-42-38(27-32)36-11-5-7-13-40(36)45(42)34-21-15-30(16-22-34)29-9-3-2-4-10-29/h2-28H. The van der Waals surface area contributed by atoms with Crippen LogP contribution in [0.2, 0.25) is 0 Å². The van der Waals surface area contributed by atoms with Crippen molar-refractivity contribution in [1.82, 2.24) is 9.13 Å². The number of aromatic nitrogens is 2. The van der Waals surface area contributed by atoms with E-state index in [4.69, 9.17) is 6.57 Å². The highest BCUT2D eigenvalue weighted by molar-refractivity contribution is 6.11. The Balaban J connectivity index is 1.13. The highest BCUT2D eigenvalue weighted by atomic mass is 15.0. The smallest absolute Gasteiger partial charge is 0.188 e. The summed E-state index contributed by atoms with van der Waals surface area (Å²) in [6.45, 7) is 7.50. The van der Waals surface area contributed by atoms with Crippen LogP contribution in [-0.4, -0.2) is 9.13 Å². The number of rotatable bonds is 4.